The van der Waals surface area contributed by atoms with Crippen LogP contribution in [0.5, 0.6) is 0 Å². The molecule has 1 aliphatic carbocycles. The van der Waals surface area contributed by atoms with Crippen molar-refractivity contribution in [3.8, 4) is 11.4 Å². The quantitative estimate of drug-likeness (QED) is 0.396. The number of unbranched alkanes of at least 4 members (excludes halogenated alkanes) is 1. The summed E-state index contributed by atoms with van der Waals surface area (Å²) in [7, 11) is 0. The smallest absolute Gasteiger partial charge is 0.239 e. The van der Waals surface area contributed by atoms with Crippen molar-refractivity contribution in [1.82, 2.24) is 29.9 Å². The molecule has 3 heterocycles. The van der Waals surface area contributed by atoms with Crippen LogP contribution in [0.3, 0.4) is 0 Å². The first-order chi connectivity index (χ1) is 14.2. The molecule has 7 nitrogen and oxygen atoms in total. The summed E-state index contributed by atoms with van der Waals surface area (Å²) in [5, 5.41) is 15.3. The van der Waals surface area contributed by atoms with Gasteiger partial charge in [0.1, 0.15) is 0 Å². The van der Waals surface area contributed by atoms with Gasteiger partial charge in [0.2, 0.25) is 5.89 Å². The zero-order chi connectivity index (χ0) is 19.8. The number of benzene rings is 1. The van der Waals surface area contributed by atoms with Gasteiger partial charge >= 0.3 is 0 Å². The molecular formula is C21H24N6OS. The van der Waals surface area contributed by atoms with E-state index in [0.29, 0.717) is 11.9 Å². The van der Waals surface area contributed by atoms with Gasteiger partial charge in [-0.05, 0) is 32.3 Å². The summed E-state index contributed by atoms with van der Waals surface area (Å²) in [6.45, 7) is 4.24. The SMILES string of the molecule is CCCCc1noc([C@@H](C)Sc2nnc(-c3c[nH]c4ccccc34)n2C2CC2)n1. The predicted octanol–water partition coefficient (Wildman–Crippen LogP) is 5.34. The van der Waals surface area contributed by atoms with Crippen LogP contribution in [-0.2, 0) is 6.42 Å². The van der Waals surface area contributed by atoms with E-state index < -0.39 is 0 Å². The second kappa shape index (κ2) is 7.67. The second-order valence-corrected chi connectivity index (χ2v) is 8.88. The number of rotatable bonds is 8. The van der Waals surface area contributed by atoms with Crippen LogP contribution in [0.25, 0.3) is 22.3 Å². The molecule has 1 atom stereocenters. The highest BCUT2D eigenvalue weighted by atomic mass is 32.2. The summed E-state index contributed by atoms with van der Waals surface area (Å²) in [4.78, 5) is 7.92. The number of thioether (sulfide) groups is 1. The standard InChI is InChI=1S/C21H24N6OS/c1-3-4-9-18-23-20(28-26-18)13(2)29-21-25-24-19(27(21)14-10-11-14)16-12-22-17-8-6-5-7-15(16)17/h5-8,12-14,22H,3-4,9-11H2,1-2H3/t13-/m1/s1. The lowest BCUT2D eigenvalue weighted by atomic mass is 10.1. The van der Waals surface area contributed by atoms with Crippen molar-refractivity contribution in [2.75, 3.05) is 0 Å². The Kier molecular flexibility index (Phi) is 4.87. The van der Waals surface area contributed by atoms with Crippen molar-refractivity contribution in [2.24, 2.45) is 0 Å². The number of nitrogens with zero attached hydrogens (tertiary/aromatic N) is 5. The van der Waals surface area contributed by atoms with Crippen LogP contribution in [0.1, 0.15) is 62.5 Å². The number of fused-ring (bicyclic) bond motifs is 1. The lowest BCUT2D eigenvalue weighted by Gasteiger charge is -2.10. The van der Waals surface area contributed by atoms with Gasteiger partial charge < -0.3 is 9.51 Å². The average molecular weight is 409 g/mol. The molecule has 0 bridgehead atoms. The van der Waals surface area contributed by atoms with Crippen molar-refractivity contribution in [3.63, 3.8) is 0 Å². The molecule has 0 spiro atoms. The zero-order valence-corrected chi connectivity index (χ0v) is 17.4. The summed E-state index contributed by atoms with van der Waals surface area (Å²) in [5.41, 5.74) is 2.21. The van der Waals surface area contributed by atoms with Crippen molar-refractivity contribution in [1.29, 1.82) is 0 Å². The van der Waals surface area contributed by atoms with Crippen molar-refractivity contribution < 1.29 is 4.52 Å². The van der Waals surface area contributed by atoms with Crippen LogP contribution < -0.4 is 0 Å². The molecule has 8 heteroatoms. The Morgan fingerprint density at radius 2 is 2.14 bits per heavy atom. The lowest BCUT2D eigenvalue weighted by molar-refractivity contribution is 0.374. The highest BCUT2D eigenvalue weighted by Crippen LogP contribution is 2.44. The molecule has 0 amide bonds. The lowest BCUT2D eigenvalue weighted by Crippen LogP contribution is -2.01. The van der Waals surface area contributed by atoms with Crippen LogP contribution in [0.2, 0.25) is 0 Å². The number of H-pyrrole nitrogens is 1. The van der Waals surface area contributed by atoms with Crippen LogP contribution in [0, 0.1) is 0 Å². The molecule has 1 aliphatic rings. The van der Waals surface area contributed by atoms with E-state index in [9.17, 15) is 0 Å². The van der Waals surface area contributed by atoms with Crippen LogP contribution in [0.4, 0.5) is 0 Å². The number of aryl methyl sites for hydroxylation is 1. The fourth-order valence-electron chi connectivity index (χ4n) is 3.54. The van der Waals surface area contributed by atoms with Gasteiger partial charge in [-0.25, -0.2) is 0 Å². The maximum atomic E-state index is 5.50. The third kappa shape index (κ3) is 3.57. The monoisotopic (exact) mass is 408 g/mol. The molecule has 1 fully saturated rings. The third-order valence-corrected chi connectivity index (χ3v) is 6.32. The number of nitrogens with one attached hydrogen (secondary N) is 1. The summed E-state index contributed by atoms with van der Waals surface area (Å²) >= 11 is 1.64. The van der Waals surface area contributed by atoms with Gasteiger partial charge in [0.25, 0.3) is 0 Å². The van der Waals surface area contributed by atoms with E-state index >= 15 is 0 Å². The Morgan fingerprint density at radius 3 is 2.97 bits per heavy atom. The zero-order valence-electron chi connectivity index (χ0n) is 16.6. The predicted molar refractivity (Wildman–Crippen MR) is 113 cm³/mol. The molecule has 1 aromatic carbocycles. The van der Waals surface area contributed by atoms with E-state index in [2.05, 4.69) is 61.9 Å². The van der Waals surface area contributed by atoms with Gasteiger partial charge in [0.15, 0.2) is 16.8 Å². The Labute approximate surface area is 173 Å². The topological polar surface area (TPSA) is 85.4 Å². The van der Waals surface area contributed by atoms with Gasteiger partial charge in [-0.3, -0.25) is 4.57 Å². The number of hydrogen-bond donors (Lipinski definition) is 1. The maximum absolute atomic E-state index is 5.50. The molecule has 0 radical (unpaired) electrons. The molecule has 3 aromatic heterocycles. The molecule has 29 heavy (non-hydrogen) atoms. The maximum Gasteiger partial charge on any atom is 0.239 e. The van der Waals surface area contributed by atoms with E-state index in [4.69, 9.17) is 4.52 Å². The van der Waals surface area contributed by atoms with E-state index in [-0.39, 0.29) is 5.25 Å². The third-order valence-electron chi connectivity index (χ3n) is 5.27. The van der Waals surface area contributed by atoms with E-state index in [1.165, 1.54) is 5.39 Å². The Balaban J connectivity index is 1.43. The summed E-state index contributed by atoms with van der Waals surface area (Å²) in [5.74, 6) is 2.37. The first-order valence-electron chi connectivity index (χ1n) is 10.2. The molecule has 0 aliphatic heterocycles. The molecule has 0 saturated heterocycles. The minimum atomic E-state index is 0.0235. The molecule has 4 aromatic rings. The van der Waals surface area contributed by atoms with Crippen molar-refractivity contribution in [3.05, 3.63) is 42.2 Å². The molecule has 1 saturated carbocycles. The van der Waals surface area contributed by atoms with E-state index in [1.54, 1.807) is 11.8 Å². The summed E-state index contributed by atoms with van der Waals surface area (Å²) in [6.07, 6.45) is 7.41. The first-order valence-corrected chi connectivity index (χ1v) is 11.1. The van der Waals surface area contributed by atoms with Crippen LogP contribution >= 0.6 is 11.8 Å². The minimum Gasteiger partial charge on any atom is -0.360 e. The van der Waals surface area contributed by atoms with Gasteiger partial charge in [-0.15, -0.1) is 10.2 Å². The average Bonchev–Trinajstić information content (AvgIpc) is 3.15. The van der Waals surface area contributed by atoms with Gasteiger partial charge in [-0.2, -0.15) is 4.98 Å². The molecule has 0 unspecified atom stereocenters. The Morgan fingerprint density at radius 1 is 1.28 bits per heavy atom. The Bertz CT molecular complexity index is 1130. The Hall–Kier alpha value is -2.61. The highest BCUT2D eigenvalue weighted by Gasteiger charge is 2.32. The number of aromatic nitrogens is 6. The van der Waals surface area contributed by atoms with Crippen LogP contribution in [-0.4, -0.2) is 29.9 Å². The van der Waals surface area contributed by atoms with E-state index in [0.717, 1.165) is 60.0 Å². The highest BCUT2D eigenvalue weighted by molar-refractivity contribution is 7.99. The summed E-state index contributed by atoms with van der Waals surface area (Å²) < 4.78 is 7.79. The van der Waals surface area contributed by atoms with Crippen LogP contribution in [0.15, 0.2) is 40.1 Å². The molecule has 1 N–H and O–H groups in total. The largest absolute Gasteiger partial charge is 0.360 e. The fourth-order valence-corrected chi connectivity index (χ4v) is 4.49. The summed E-state index contributed by atoms with van der Waals surface area (Å²) in [6, 6.07) is 8.77. The molecular weight excluding hydrogens is 384 g/mol. The number of para-hydroxylation sites is 1. The van der Waals surface area contributed by atoms with E-state index in [1.807, 2.05) is 12.3 Å². The van der Waals surface area contributed by atoms with Crippen molar-refractivity contribution in [2.45, 2.75) is 62.4 Å². The van der Waals surface area contributed by atoms with Gasteiger partial charge in [0.05, 0.1) is 5.25 Å². The fraction of sp³-hybridized carbons (Fsp3) is 0.429. The minimum absolute atomic E-state index is 0.0235. The molecule has 150 valence electrons. The van der Waals surface area contributed by atoms with Gasteiger partial charge in [0, 0.05) is 35.1 Å². The molecule has 5 rings (SSSR count). The first kappa shape index (κ1) is 18.4. The number of aromatic amines is 1. The number of hydrogen-bond acceptors (Lipinski definition) is 6. The second-order valence-electron chi connectivity index (χ2n) is 7.57. The van der Waals surface area contributed by atoms with Crippen molar-refractivity contribution >= 4 is 22.7 Å². The normalized spacial score (nSPS) is 15.2. The van der Waals surface area contributed by atoms with Gasteiger partial charge in [-0.1, -0.05) is 48.5 Å².